The average Bonchev–Trinajstić information content (AvgIpc) is 2.96. The number of Topliss-reactive ketones (excluding diaryl/α,β-unsaturated/α-hetero) is 1. The Hall–Kier alpha value is 0.150. The van der Waals surface area contributed by atoms with Gasteiger partial charge in [-0.05, 0) is 92.3 Å². The molecule has 0 radical (unpaired) electrons. The Morgan fingerprint density at radius 3 is 2.43 bits per heavy atom. The van der Waals surface area contributed by atoms with Gasteiger partial charge in [0.25, 0.3) is 0 Å². The number of hydrogen-bond acceptors (Lipinski definition) is 1. The maximum Gasteiger partial charge on any atom is 0.146 e. The van der Waals surface area contributed by atoms with Gasteiger partial charge in [-0.2, -0.15) is 0 Å². The predicted octanol–water partition coefficient (Wildman–Crippen LogP) is 5.86. The summed E-state index contributed by atoms with van der Waals surface area (Å²) in [6.45, 7) is 5.08. The van der Waals surface area contributed by atoms with Gasteiger partial charge < -0.3 is 0 Å². The zero-order chi connectivity index (χ0) is 16.2. The van der Waals surface area contributed by atoms with Crippen LogP contribution in [0.2, 0.25) is 0 Å². The molecule has 0 heterocycles. The van der Waals surface area contributed by atoms with E-state index in [1.165, 1.54) is 57.8 Å². The van der Waals surface area contributed by atoms with Crippen LogP contribution in [0.3, 0.4) is 0 Å². The second kappa shape index (κ2) is 6.15. The molecule has 1 nitrogen and oxygen atoms in total. The molecule has 0 spiro atoms. The zero-order valence-corrected chi connectivity index (χ0v) is 16.5. The molecule has 0 aromatic carbocycles. The first-order valence-corrected chi connectivity index (χ1v) is 11.2. The number of alkyl halides is 1. The fourth-order valence-electron chi connectivity index (χ4n) is 7.77. The summed E-state index contributed by atoms with van der Waals surface area (Å²) in [5.41, 5.74) is 0.634. The van der Waals surface area contributed by atoms with Crippen LogP contribution < -0.4 is 0 Å². The molecule has 0 saturated heterocycles. The van der Waals surface area contributed by atoms with Crippen molar-refractivity contribution in [3.05, 3.63) is 0 Å². The molecule has 2 heteroatoms. The molecular formula is C21H33BrO. The molecule has 3 unspecified atom stereocenters. The van der Waals surface area contributed by atoms with E-state index in [1.807, 2.05) is 0 Å². The summed E-state index contributed by atoms with van der Waals surface area (Å²) in [5, 5.41) is 0.577. The molecule has 0 aliphatic heterocycles. The monoisotopic (exact) mass is 380 g/mol. The molecule has 4 aliphatic rings. The Morgan fingerprint density at radius 2 is 1.65 bits per heavy atom. The third kappa shape index (κ3) is 2.66. The van der Waals surface area contributed by atoms with Crippen molar-refractivity contribution in [2.75, 3.05) is 5.33 Å². The Balaban J connectivity index is 1.53. The first-order valence-electron chi connectivity index (χ1n) is 10.1. The van der Waals surface area contributed by atoms with Crippen molar-refractivity contribution < 1.29 is 4.79 Å². The number of rotatable bonds is 2. The van der Waals surface area contributed by atoms with Gasteiger partial charge in [0.05, 0.1) is 5.33 Å². The van der Waals surface area contributed by atoms with Gasteiger partial charge in [0, 0.05) is 5.92 Å². The van der Waals surface area contributed by atoms with Gasteiger partial charge in [0.1, 0.15) is 5.78 Å². The van der Waals surface area contributed by atoms with E-state index in [4.69, 9.17) is 0 Å². The van der Waals surface area contributed by atoms with Crippen LogP contribution in [0.15, 0.2) is 0 Å². The molecule has 4 rings (SSSR count). The number of carbonyl (C=O) groups excluding carboxylic acids is 1. The number of halogens is 1. The van der Waals surface area contributed by atoms with Gasteiger partial charge in [-0.25, -0.2) is 0 Å². The minimum atomic E-state index is 0.389. The highest BCUT2D eigenvalue weighted by atomic mass is 79.9. The van der Waals surface area contributed by atoms with Crippen LogP contribution in [0.1, 0.15) is 71.6 Å². The van der Waals surface area contributed by atoms with Crippen LogP contribution in [0.4, 0.5) is 0 Å². The fraction of sp³-hybridized carbons (Fsp3) is 0.952. The van der Waals surface area contributed by atoms with Gasteiger partial charge in [-0.1, -0.05) is 36.2 Å². The van der Waals surface area contributed by atoms with Crippen molar-refractivity contribution >= 4 is 21.7 Å². The molecule has 0 amide bonds. The third-order valence-corrected chi connectivity index (χ3v) is 9.15. The average molecular weight is 381 g/mol. The lowest BCUT2D eigenvalue weighted by molar-refractivity contribution is -0.123. The molecule has 0 aromatic heterocycles. The molecule has 23 heavy (non-hydrogen) atoms. The first-order chi connectivity index (χ1) is 11.0. The number of ketones is 1. The zero-order valence-electron chi connectivity index (χ0n) is 14.9. The van der Waals surface area contributed by atoms with E-state index in [2.05, 4.69) is 29.8 Å². The molecule has 4 saturated carbocycles. The van der Waals surface area contributed by atoms with Crippen molar-refractivity contribution in [1.29, 1.82) is 0 Å². The van der Waals surface area contributed by atoms with Gasteiger partial charge in [0.15, 0.2) is 0 Å². The lowest BCUT2D eigenvalue weighted by atomic mass is 9.47. The van der Waals surface area contributed by atoms with Gasteiger partial charge in [-0.3, -0.25) is 4.79 Å². The van der Waals surface area contributed by atoms with E-state index in [9.17, 15) is 4.79 Å². The van der Waals surface area contributed by atoms with Crippen LogP contribution >= 0.6 is 15.9 Å². The van der Waals surface area contributed by atoms with Crippen LogP contribution in [-0.4, -0.2) is 11.1 Å². The van der Waals surface area contributed by atoms with E-state index in [0.717, 1.165) is 35.5 Å². The van der Waals surface area contributed by atoms with Crippen LogP contribution in [-0.2, 0) is 4.79 Å². The topological polar surface area (TPSA) is 17.1 Å². The highest BCUT2D eigenvalue weighted by Gasteiger charge is 2.55. The number of fused-ring (bicyclic) bond motifs is 5. The van der Waals surface area contributed by atoms with E-state index >= 15 is 0 Å². The van der Waals surface area contributed by atoms with Crippen molar-refractivity contribution in [1.82, 2.24) is 0 Å². The Kier molecular flexibility index (Phi) is 4.44. The van der Waals surface area contributed by atoms with Crippen molar-refractivity contribution in [2.24, 2.45) is 46.8 Å². The smallest absolute Gasteiger partial charge is 0.146 e. The van der Waals surface area contributed by atoms with E-state index in [-0.39, 0.29) is 0 Å². The van der Waals surface area contributed by atoms with Gasteiger partial charge in [0.2, 0.25) is 0 Å². The summed E-state index contributed by atoms with van der Waals surface area (Å²) in [7, 11) is 0. The lowest BCUT2D eigenvalue weighted by Gasteiger charge is -2.57. The Bertz CT molecular complexity index is 474. The highest BCUT2D eigenvalue weighted by molar-refractivity contribution is 9.09. The van der Waals surface area contributed by atoms with Crippen LogP contribution in [0.5, 0.6) is 0 Å². The summed E-state index contributed by atoms with van der Waals surface area (Å²) in [6.07, 6.45) is 12.6. The van der Waals surface area contributed by atoms with Crippen LogP contribution in [0.25, 0.3) is 0 Å². The molecule has 0 N–H and O–H groups in total. The minimum absolute atomic E-state index is 0.389. The predicted molar refractivity (Wildman–Crippen MR) is 98.6 cm³/mol. The van der Waals surface area contributed by atoms with E-state index < -0.39 is 0 Å². The quantitative estimate of drug-likeness (QED) is 0.548. The van der Waals surface area contributed by atoms with Crippen LogP contribution in [0, 0.1) is 46.8 Å². The standard InChI is InChI=1S/C21H33BrO/c1-13-3-8-19-17-6-4-15-14(5-7-18(15)20(23)12-22)16(17)9-10-21(19,2)11-13/h13-19H,3-12H2,1-2H3/t13-,14?,15?,16-,17?,18-,19+,21+/m0/s1. The van der Waals surface area contributed by atoms with Crippen molar-refractivity contribution in [3.63, 3.8) is 0 Å². The van der Waals surface area contributed by atoms with E-state index in [1.54, 1.807) is 0 Å². The van der Waals surface area contributed by atoms with Gasteiger partial charge in [-0.15, -0.1) is 0 Å². The fourth-order valence-corrected chi connectivity index (χ4v) is 8.18. The SMILES string of the molecule is C[C@H]1CC[C@@H]2C3CCC4C(CC[C@@H]4C(=O)CBr)[C@@H]3CC[C@]2(C)C1. The second-order valence-corrected chi connectivity index (χ2v) is 10.3. The largest absolute Gasteiger partial charge is 0.298 e. The Morgan fingerprint density at radius 1 is 0.957 bits per heavy atom. The maximum absolute atomic E-state index is 12.3. The first kappa shape index (κ1) is 16.6. The minimum Gasteiger partial charge on any atom is -0.298 e. The van der Waals surface area contributed by atoms with Gasteiger partial charge >= 0.3 is 0 Å². The van der Waals surface area contributed by atoms with E-state index in [0.29, 0.717) is 22.4 Å². The molecule has 0 aromatic rings. The normalized spacial score (nSPS) is 52.4. The third-order valence-electron chi connectivity index (χ3n) is 8.60. The summed E-state index contributed by atoms with van der Waals surface area (Å²) < 4.78 is 0. The Labute approximate surface area is 150 Å². The van der Waals surface area contributed by atoms with Crippen molar-refractivity contribution in [2.45, 2.75) is 71.6 Å². The molecule has 4 fully saturated rings. The second-order valence-electron chi connectivity index (χ2n) is 9.70. The summed E-state index contributed by atoms with van der Waals surface area (Å²) in [5.74, 6) is 6.36. The van der Waals surface area contributed by atoms with Crippen molar-refractivity contribution in [3.8, 4) is 0 Å². The summed E-state index contributed by atoms with van der Waals surface area (Å²) in [4.78, 5) is 12.3. The molecule has 0 bridgehead atoms. The number of carbonyl (C=O) groups is 1. The molecular weight excluding hydrogens is 348 g/mol. The molecule has 130 valence electrons. The maximum atomic E-state index is 12.3. The molecule has 8 atom stereocenters. The highest BCUT2D eigenvalue weighted by Crippen LogP contribution is 2.63. The molecule has 4 aliphatic carbocycles. The summed E-state index contributed by atoms with van der Waals surface area (Å²) >= 11 is 3.42. The summed E-state index contributed by atoms with van der Waals surface area (Å²) in [6, 6.07) is 0. The lowest BCUT2D eigenvalue weighted by Crippen LogP contribution is -2.49. The number of hydrogen-bond donors (Lipinski definition) is 0.